The van der Waals surface area contributed by atoms with Crippen LogP contribution in [-0.2, 0) is 6.54 Å². The quantitative estimate of drug-likeness (QED) is 0.661. The number of hydrogen-bond acceptors (Lipinski definition) is 2. The maximum atomic E-state index is 11.0. The Balaban J connectivity index is 2.32. The van der Waals surface area contributed by atoms with Gasteiger partial charge in [0.1, 0.15) is 0 Å². The van der Waals surface area contributed by atoms with Crippen LogP contribution in [0, 0.1) is 0 Å². The topological polar surface area (TPSA) is 61.0 Å². The third-order valence-electron chi connectivity index (χ3n) is 1.40. The van der Waals surface area contributed by atoms with Gasteiger partial charge in [-0.05, 0) is 0 Å². The molecular weight excluding hydrogens is 156 g/mol. The van der Waals surface area contributed by atoms with E-state index in [0.717, 1.165) is 5.56 Å². The van der Waals surface area contributed by atoms with Gasteiger partial charge in [0.25, 0.3) is 0 Å². The first-order chi connectivity index (χ1) is 5.70. The van der Waals surface area contributed by atoms with Gasteiger partial charge in [0.2, 0.25) is 0 Å². The zero-order chi connectivity index (χ0) is 8.97. The fraction of sp³-hybridized carbons (Fsp3) is 0.429. The van der Waals surface area contributed by atoms with Crippen molar-refractivity contribution in [1.82, 2.24) is 20.4 Å². The zero-order valence-electron chi connectivity index (χ0n) is 7.16. The summed E-state index contributed by atoms with van der Waals surface area (Å²) in [6.45, 7) is 0.507. The Bertz CT molecular complexity index is 242. The number of carbonyl (C=O) groups is 1. The van der Waals surface area contributed by atoms with Crippen LogP contribution in [0.5, 0.6) is 0 Å². The number of hydrogen-bond donors (Lipinski definition) is 2. The third-order valence-corrected chi connectivity index (χ3v) is 1.40. The number of aromatic amines is 1. The van der Waals surface area contributed by atoms with Crippen LogP contribution in [0.4, 0.5) is 4.79 Å². The van der Waals surface area contributed by atoms with E-state index >= 15 is 0 Å². The molecule has 0 saturated heterocycles. The molecule has 12 heavy (non-hydrogen) atoms. The minimum absolute atomic E-state index is 0.101. The van der Waals surface area contributed by atoms with Crippen LogP contribution in [0.2, 0.25) is 0 Å². The lowest BCUT2D eigenvalue weighted by atomic mass is 10.4. The van der Waals surface area contributed by atoms with Crippen molar-refractivity contribution < 1.29 is 4.79 Å². The molecule has 0 aliphatic rings. The molecule has 0 bridgehead atoms. The first kappa shape index (κ1) is 8.58. The summed E-state index contributed by atoms with van der Waals surface area (Å²) in [5.74, 6) is 0. The van der Waals surface area contributed by atoms with Crippen molar-refractivity contribution in [2.24, 2.45) is 0 Å². The summed E-state index contributed by atoms with van der Waals surface area (Å²) in [6.07, 6.45) is 3.42. The monoisotopic (exact) mass is 168 g/mol. The van der Waals surface area contributed by atoms with Gasteiger partial charge in [0.05, 0.1) is 6.20 Å². The predicted octanol–water partition coefficient (Wildman–Crippen LogP) is 0.181. The smallest absolute Gasteiger partial charge is 0.317 e. The van der Waals surface area contributed by atoms with Crippen LogP contribution in [0.1, 0.15) is 5.56 Å². The molecule has 1 aromatic rings. The van der Waals surface area contributed by atoms with Gasteiger partial charge < -0.3 is 10.2 Å². The van der Waals surface area contributed by atoms with Crippen LogP contribution >= 0.6 is 0 Å². The number of rotatable bonds is 2. The lowest BCUT2D eigenvalue weighted by molar-refractivity contribution is 0.217. The molecule has 0 spiro atoms. The van der Waals surface area contributed by atoms with Crippen LogP contribution in [0.25, 0.3) is 0 Å². The summed E-state index contributed by atoms with van der Waals surface area (Å²) < 4.78 is 0. The molecule has 5 heteroatoms. The Morgan fingerprint density at radius 2 is 2.50 bits per heavy atom. The second-order valence-corrected chi connectivity index (χ2v) is 2.66. The molecule has 0 aliphatic carbocycles. The number of H-pyrrole nitrogens is 1. The number of amides is 2. The van der Waals surface area contributed by atoms with Crippen molar-refractivity contribution in [3.8, 4) is 0 Å². The number of urea groups is 1. The average molecular weight is 168 g/mol. The highest BCUT2D eigenvalue weighted by atomic mass is 16.2. The van der Waals surface area contributed by atoms with E-state index in [-0.39, 0.29) is 6.03 Å². The van der Waals surface area contributed by atoms with Crippen LogP contribution in [0.3, 0.4) is 0 Å². The van der Waals surface area contributed by atoms with E-state index in [1.807, 2.05) is 0 Å². The van der Waals surface area contributed by atoms with E-state index in [4.69, 9.17) is 0 Å². The van der Waals surface area contributed by atoms with Crippen molar-refractivity contribution >= 4 is 6.03 Å². The molecule has 2 N–H and O–H groups in total. The number of nitrogens with zero attached hydrogens (tertiary/aromatic N) is 2. The van der Waals surface area contributed by atoms with Crippen LogP contribution in [-0.4, -0.2) is 35.2 Å². The molecule has 66 valence electrons. The van der Waals surface area contributed by atoms with Gasteiger partial charge in [-0.1, -0.05) is 0 Å². The summed E-state index contributed by atoms with van der Waals surface area (Å²) in [5.41, 5.74) is 0.963. The highest BCUT2D eigenvalue weighted by Crippen LogP contribution is 1.92. The molecule has 0 aliphatic heterocycles. The van der Waals surface area contributed by atoms with E-state index in [2.05, 4.69) is 15.5 Å². The highest BCUT2D eigenvalue weighted by Gasteiger charge is 2.01. The summed E-state index contributed by atoms with van der Waals surface area (Å²) in [5, 5.41) is 9.13. The lowest BCUT2D eigenvalue weighted by Gasteiger charge is -2.10. The van der Waals surface area contributed by atoms with Gasteiger partial charge in [-0.3, -0.25) is 5.10 Å². The molecule has 0 aromatic carbocycles. The average Bonchev–Trinajstić information content (AvgIpc) is 2.51. The fourth-order valence-corrected chi connectivity index (χ4v) is 0.710. The van der Waals surface area contributed by atoms with Crippen molar-refractivity contribution in [2.75, 3.05) is 14.1 Å². The predicted molar refractivity (Wildman–Crippen MR) is 44.5 cm³/mol. The van der Waals surface area contributed by atoms with Gasteiger partial charge in [0, 0.05) is 32.4 Å². The summed E-state index contributed by atoms with van der Waals surface area (Å²) in [7, 11) is 3.40. The summed E-state index contributed by atoms with van der Waals surface area (Å²) in [4.78, 5) is 12.5. The van der Waals surface area contributed by atoms with E-state index in [1.165, 1.54) is 4.90 Å². The molecule has 1 rings (SSSR count). The normalized spacial score (nSPS) is 9.50. The minimum Gasteiger partial charge on any atom is -0.334 e. The van der Waals surface area contributed by atoms with Crippen molar-refractivity contribution in [3.05, 3.63) is 18.0 Å². The number of carbonyl (C=O) groups excluding carboxylic acids is 1. The molecule has 1 heterocycles. The molecule has 0 atom stereocenters. The largest absolute Gasteiger partial charge is 0.334 e. The summed E-state index contributed by atoms with van der Waals surface area (Å²) >= 11 is 0. The molecular formula is C7H12N4O. The first-order valence-corrected chi connectivity index (χ1v) is 3.63. The Morgan fingerprint density at radius 1 is 1.75 bits per heavy atom. The van der Waals surface area contributed by atoms with Gasteiger partial charge in [0.15, 0.2) is 0 Å². The SMILES string of the molecule is CN(C)C(=O)NCc1cn[nH]c1. The van der Waals surface area contributed by atoms with Crippen molar-refractivity contribution in [2.45, 2.75) is 6.54 Å². The highest BCUT2D eigenvalue weighted by molar-refractivity contribution is 5.73. The Labute approximate surface area is 70.8 Å². The maximum absolute atomic E-state index is 11.0. The van der Waals surface area contributed by atoms with E-state index in [0.29, 0.717) is 6.54 Å². The summed E-state index contributed by atoms with van der Waals surface area (Å²) in [6, 6.07) is -0.101. The van der Waals surface area contributed by atoms with Gasteiger partial charge in [-0.15, -0.1) is 0 Å². The molecule has 0 saturated carbocycles. The molecule has 5 nitrogen and oxygen atoms in total. The van der Waals surface area contributed by atoms with E-state index < -0.39 is 0 Å². The Kier molecular flexibility index (Phi) is 2.68. The van der Waals surface area contributed by atoms with E-state index in [1.54, 1.807) is 26.5 Å². The maximum Gasteiger partial charge on any atom is 0.317 e. The first-order valence-electron chi connectivity index (χ1n) is 3.63. The van der Waals surface area contributed by atoms with Gasteiger partial charge >= 0.3 is 6.03 Å². The number of aromatic nitrogens is 2. The van der Waals surface area contributed by atoms with E-state index in [9.17, 15) is 4.79 Å². The van der Waals surface area contributed by atoms with Crippen LogP contribution in [0.15, 0.2) is 12.4 Å². The van der Waals surface area contributed by atoms with Crippen LogP contribution < -0.4 is 5.32 Å². The minimum atomic E-state index is -0.101. The molecule has 2 amide bonds. The Hall–Kier alpha value is -1.52. The number of nitrogens with one attached hydrogen (secondary N) is 2. The fourth-order valence-electron chi connectivity index (χ4n) is 0.710. The standard InChI is InChI=1S/C7H12N4O/c1-11(2)7(12)8-3-6-4-9-10-5-6/h4-5H,3H2,1-2H3,(H,8,12)(H,9,10). The lowest BCUT2D eigenvalue weighted by Crippen LogP contribution is -2.33. The molecule has 1 aromatic heterocycles. The zero-order valence-corrected chi connectivity index (χ0v) is 7.16. The second-order valence-electron chi connectivity index (χ2n) is 2.66. The molecule has 0 unspecified atom stereocenters. The van der Waals surface area contributed by atoms with Gasteiger partial charge in [-0.25, -0.2) is 4.79 Å². The molecule has 0 fully saturated rings. The third kappa shape index (κ3) is 2.26. The van der Waals surface area contributed by atoms with Gasteiger partial charge in [-0.2, -0.15) is 5.10 Å². The molecule has 0 radical (unpaired) electrons. The Morgan fingerprint density at radius 3 is 3.00 bits per heavy atom. The van der Waals surface area contributed by atoms with Crippen molar-refractivity contribution in [3.63, 3.8) is 0 Å². The second kappa shape index (κ2) is 3.75. The van der Waals surface area contributed by atoms with Crippen molar-refractivity contribution in [1.29, 1.82) is 0 Å².